The van der Waals surface area contributed by atoms with Crippen molar-refractivity contribution >= 4 is 23.7 Å². The van der Waals surface area contributed by atoms with Crippen molar-refractivity contribution in [1.82, 2.24) is 16.0 Å². The van der Waals surface area contributed by atoms with E-state index in [0.29, 0.717) is 0 Å². The zero-order valence-electron chi connectivity index (χ0n) is 43.7. The Labute approximate surface area is 459 Å². The SMILES string of the molecule is CC(=O)N[C@@H]1[C@@H](O[C@@H]2O[C@@H](C)[C@@H](O)[C@@H](O)[C@@H]2O)[C@H](O[C@@H]2O[C@H](CO)[C@H](O)[C@H](O[C@@H]3O[C@H](CO)[C@@H](O[C@@H]4O[C@H](CO[C@]5(C(=O)O)C[C@H](O)[C@@H](NC(C)=O)[C@H]([C@H](O)[C@H](O)CO)O5)[C@H](O)[C@H](O)[C@H]4O)[C@H](O)[C@H]3NC(C)=O)[C@H]2O)[C@@H](CO)O[C@H]1O. The van der Waals surface area contributed by atoms with Crippen LogP contribution in [-0.4, -0.2) is 338 Å². The lowest BCUT2D eigenvalue weighted by atomic mass is 9.88. The number of amides is 3. The highest BCUT2D eigenvalue weighted by Crippen LogP contribution is 2.38. The molecular weight excluding hydrogens is 1110 g/mol. The van der Waals surface area contributed by atoms with Gasteiger partial charge < -0.3 is 160 Å². The van der Waals surface area contributed by atoms with Crippen molar-refractivity contribution in [2.75, 3.05) is 33.0 Å². The van der Waals surface area contributed by atoms with E-state index < -0.39 is 253 Å². The zero-order chi connectivity index (χ0) is 60.3. The highest BCUT2D eigenvalue weighted by Gasteiger charge is 2.60. The second-order valence-electron chi connectivity index (χ2n) is 20.4. The van der Waals surface area contributed by atoms with Gasteiger partial charge in [0.15, 0.2) is 31.5 Å². The van der Waals surface area contributed by atoms with Crippen LogP contribution < -0.4 is 16.0 Å². The number of carbonyl (C=O) groups is 4. The van der Waals surface area contributed by atoms with Gasteiger partial charge in [0, 0.05) is 27.2 Å². The van der Waals surface area contributed by atoms with E-state index in [0.717, 1.165) is 20.8 Å². The van der Waals surface area contributed by atoms with Gasteiger partial charge in [0.05, 0.1) is 51.3 Å². The van der Waals surface area contributed by atoms with Gasteiger partial charge in [-0.1, -0.05) is 0 Å². The van der Waals surface area contributed by atoms with E-state index in [1.165, 1.54) is 6.92 Å². The van der Waals surface area contributed by atoms with Gasteiger partial charge in [-0.3, -0.25) is 14.4 Å². The number of carboxylic acid groups (broad SMARTS) is 1. The fraction of sp³-hybridized carbons (Fsp3) is 0.911. The molecule has 0 bridgehead atoms. The Bertz CT molecular complexity index is 2080. The quantitative estimate of drug-likeness (QED) is 0.0507. The van der Waals surface area contributed by atoms with E-state index in [1.54, 1.807) is 0 Å². The van der Waals surface area contributed by atoms with Gasteiger partial charge in [-0.15, -0.1) is 0 Å². The molecule has 0 unspecified atom stereocenters. The summed E-state index contributed by atoms with van der Waals surface area (Å²) in [5.41, 5.74) is 0. The first-order valence-corrected chi connectivity index (χ1v) is 25.6. The molecule has 81 heavy (non-hydrogen) atoms. The van der Waals surface area contributed by atoms with Crippen molar-refractivity contribution in [2.45, 2.75) is 224 Å². The monoisotopic (exact) mass is 1190 g/mol. The van der Waals surface area contributed by atoms with Gasteiger partial charge in [0.25, 0.3) is 5.79 Å². The molecule has 6 heterocycles. The smallest absolute Gasteiger partial charge is 0.364 e. The minimum atomic E-state index is -2.99. The van der Waals surface area contributed by atoms with Crippen molar-refractivity contribution in [3.05, 3.63) is 0 Å². The van der Waals surface area contributed by atoms with Crippen LogP contribution in [0, 0.1) is 0 Å². The van der Waals surface area contributed by atoms with E-state index in [1.807, 2.05) is 0 Å². The lowest BCUT2D eigenvalue weighted by molar-refractivity contribution is -0.386. The molecule has 21 N–H and O–H groups in total. The number of carbonyl (C=O) groups excluding carboxylic acids is 3. The molecule has 0 spiro atoms. The molecule has 468 valence electrons. The molecule has 0 aromatic rings. The Morgan fingerprint density at radius 1 is 0.519 bits per heavy atom. The molecule has 0 radical (unpaired) electrons. The summed E-state index contributed by atoms with van der Waals surface area (Å²) in [6.07, 6.45) is -53.8. The van der Waals surface area contributed by atoms with Crippen LogP contribution in [0.3, 0.4) is 0 Å². The molecule has 6 fully saturated rings. The number of nitrogens with one attached hydrogen (secondary N) is 3. The molecule has 6 aliphatic rings. The van der Waals surface area contributed by atoms with Crippen LogP contribution in [-0.2, 0) is 71.3 Å². The Hall–Kier alpha value is -3.24. The fourth-order valence-electron chi connectivity index (χ4n) is 10.3. The summed E-state index contributed by atoms with van der Waals surface area (Å²) in [5.74, 6) is -7.45. The zero-order valence-corrected chi connectivity index (χ0v) is 43.7. The molecule has 0 saturated carbocycles. The number of aliphatic hydroxyl groups is 17. The first kappa shape index (κ1) is 66.9. The number of carboxylic acids is 1. The predicted molar refractivity (Wildman–Crippen MR) is 250 cm³/mol. The third-order valence-corrected chi connectivity index (χ3v) is 14.6. The third kappa shape index (κ3) is 14.7. The maximum atomic E-state index is 12.8. The van der Waals surface area contributed by atoms with Gasteiger partial charge in [-0.25, -0.2) is 4.79 Å². The average molecular weight is 1190 g/mol. The van der Waals surface area contributed by atoms with Crippen LogP contribution in [0.4, 0.5) is 0 Å². The Kier molecular flexibility index (Phi) is 23.4. The Balaban J connectivity index is 1.23. The molecule has 6 rings (SSSR count). The normalized spacial score (nSPS) is 46.7. The average Bonchev–Trinajstić information content (AvgIpc) is 3.45. The van der Waals surface area contributed by atoms with Gasteiger partial charge in [-0.05, 0) is 6.92 Å². The van der Waals surface area contributed by atoms with Crippen LogP contribution in [0.2, 0.25) is 0 Å². The van der Waals surface area contributed by atoms with Crippen molar-refractivity contribution in [3.8, 4) is 0 Å². The standard InChI is InChI=1S/C45H75N3O33/c1-11-24(58)29(63)31(65)41(72-11)79-37-23(48-14(4)55)39(68)73-19(9-52)35(37)78-43-33(67)38(27(61)17(7-50)74-43)80-40-22(47-13(3)54)28(62)34(18(8-51)75-40)77-42-32(66)30(64)26(60)20(76-42)10-71-45(44(69)70)5-15(56)21(46-12(2)53)36(81-45)25(59)16(57)6-49/h11,15-43,49-52,56-68H,5-10H2,1-4H3,(H,46,53)(H,47,54)(H,48,55)(H,69,70)/t11-,15-,16+,17+,18+,19+,20+,21+,22+,23+,24+,25+,26-,27-,28+,29+,30-,31-,32+,33+,34+,35+,36+,37+,38-,39+,40-,41-,42-,43-,45+/m0/s1. The van der Waals surface area contributed by atoms with Gasteiger partial charge in [0.1, 0.15) is 134 Å². The Morgan fingerprint density at radius 2 is 1.00 bits per heavy atom. The molecule has 0 aromatic heterocycles. The summed E-state index contributed by atoms with van der Waals surface area (Å²) < 4.78 is 63.4. The summed E-state index contributed by atoms with van der Waals surface area (Å²) >= 11 is 0. The molecule has 0 aliphatic carbocycles. The summed E-state index contributed by atoms with van der Waals surface area (Å²) in [5, 5.41) is 201. The van der Waals surface area contributed by atoms with Gasteiger partial charge in [-0.2, -0.15) is 0 Å². The third-order valence-electron chi connectivity index (χ3n) is 14.6. The van der Waals surface area contributed by atoms with Crippen molar-refractivity contribution in [2.24, 2.45) is 0 Å². The molecule has 3 amide bonds. The van der Waals surface area contributed by atoms with Crippen LogP contribution in [0.15, 0.2) is 0 Å². The summed E-state index contributed by atoms with van der Waals surface area (Å²) in [4.78, 5) is 49.9. The highest BCUT2D eigenvalue weighted by molar-refractivity contribution is 5.77. The summed E-state index contributed by atoms with van der Waals surface area (Å²) in [6, 6.07) is -5.12. The number of rotatable bonds is 21. The second-order valence-corrected chi connectivity index (χ2v) is 20.4. The summed E-state index contributed by atoms with van der Waals surface area (Å²) in [7, 11) is 0. The van der Waals surface area contributed by atoms with Crippen LogP contribution in [0.1, 0.15) is 34.1 Å². The Morgan fingerprint density at radius 3 is 1.57 bits per heavy atom. The van der Waals surface area contributed by atoms with E-state index >= 15 is 0 Å². The number of hydrogen-bond acceptors (Lipinski definition) is 32. The first-order chi connectivity index (χ1) is 38.0. The second kappa shape index (κ2) is 28.3. The molecule has 36 nitrogen and oxygen atoms in total. The maximum absolute atomic E-state index is 12.8. The number of aliphatic hydroxyl groups excluding tert-OH is 17. The number of aliphatic carboxylic acids is 1. The highest BCUT2D eigenvalue weighted by atomic mass is 16.8. The van der Waals surface area contributed by atoms with Gasteiger partial charge in [0.2, 0.25) is 17.7 Å². The molecular formula is C45H75N3O33. The molecule has 36 heteroatoms. The summed E-state index contributed by atoms with van der Waals surface area (Å²) in [6.45, 7) is -1.08. The molecule has 31 atom stereocenters. The lowest BCUT2D eigenvalue weighted by Crippen LogP contribution is -2.70. The molecule has 6 aliphatic heterocycles. The van der Waals surface area contributed by atoms with E-state index in [4.69, 9.17) is 52.1 Å². The molecule has 6 saturated heterocycles. The topological polar surface area (TPSA) is 570 Å². The number of ether oxygens (including phenoxy) is 11. The van der Waals surface area contributed by atoms with Crippen molar-refractivity contribution in [3.63, 3.8) is 0 Å². The van der Waals surface area contributed by atoms with Gasteiger partial charge >= 0.3 is 5.97 Å². The fourth-order valence-corrected chi connectivity index (χ4v) is 10.3. The maximum Gasteiger partial charge on any atom is 0.364 e. The largest absolute Gasteiger partial charge is 0.477 e. The minimum absolute atomic E-state index is 0.790. The van der Waals surface area contributed by atoms with E-state index in [-0.39, 0.29) is 0 Å². The predicted octanol–water partition coefficient (Wildman–Crippen LogP) is -13.4. The molecule has 0 aromatic carbocycles. The minimum Gasteiger partial charge on any atom is -0.477 e. The number of hydrogen-bond donors (Lipinski definition) is 21. The van der Waals surface area contributed by atoms with Crippen LogP contribution in [0.5, 0.6) is 0 Å². The van der Waals surface area contributed by atoms with E-state index in [2.05, 4.69) is 16.0 Å². The van der Waals surface area contributed by atoms with Crippen molar-refractivity contribution < 1.29 is 163 Å². The van der Waals surface area contributed by atoms with Crippen molar-refractivity contribution in [1.29, 1.82) is 0 Å². The first-order valence-electron chi connectivity index (χ1n) is 25.6. The van der Waals surface area contributed by atoms with Crippen LogP contribution in [0.25, 0.3) is 0 Å². The van der Waals surface area contributed by atoms with E-state index in [9.17, 15) is 111 Å². The lowest BCUT2D eigenvalue weighted by Gasteiger charge is -2.51. The van der Waals surface area contributed by atoms with Crippen LogP contribution >= 0.6 is 0 Å².